The lowest BCUT2D eigenvalue weighted by atomic mass is 10.2. The summed E-state index contributed by atoms with van der Waals surface area (Å²) >= 11 is 1.14. The maximum atomic E-state index is 12.8. The van der Waals surface area contributed by atoms with Crippen molar-refractivity contribution in [1.82, 2.24) is 24.4 Å². The van der Waals surface area contributed by atoms with Gasteiger partial charge in [-0.3, -0.25) is 4.79 Å². The smallest absolute Gasteiger partial charge is 0.263 e. The first-order valence-corrected chi connectivity index (χ1v) is 11.2. The van der Waals surface area contributed by atoms with Crippen LogP contribution in [0.2, 0.25) is 0 Å². The SMILES string of the molecule is O=C(NCc1ccnc(-n2cccn2)c1)c1sccc1S(=O)(=O)N1CCCC1. The van der Waals surface area contributed by atoms with Crippen molar-refractivity contribution < 1.29 is 13.2 Å². The Morgan fingerprint density at radius 2 is 2.04 bits per heavy atom. The zero-order valence-corrected chi connectivity index (χ0v) is 16.6. The lowest BCUT2D eigenvalue weighted by Gasteiger charge is -2.15. The molecule has 1 amide bonds. The Labute approximate surface area is 166 Å². The van der Waals surface area contributed by atoms with Gasteiger partial charge in [-0.05, 0) is 48.1 Å². The molecule has 28 heavy (non-hydrogen) atoms. The molecule has 10 heteroatoms. The monoisotopic (exact) mass is 417 g/mol. The molecule has 0 saturated carbocycles. The fourth-order valence-electron chi connectivity index (χ4n) is 3.10. The van der Waals surface area contributed by atoms with Crippen molar-refractivity contribution in [2.24, 2.45) is 0 Å². The molecule has 0 radical (unpaired) electrons. The molecule has 0 spiro atoms. The van der Waals surface area contributed by atoms with Crippen molar-refractivity contribution in [2.75, 3.05) is 13.1 Å². The number of nitrogens with one attached hydrogen (secondary N) is 1. The number of hydrogen-bond acceptors (Lipinski definition) is 6. The third-order valence-electron chi connectivity index (χ3n) is 4.52. The lowest BCUT2D eigenvalue weighted by Crippen LogP contribution is -2.30. The summed E-state index contributed by atoms with van der Waals surface area (Å²) in [4.78, 5) is 17.2. The van der Waals surface area contributed by atoms with Crippen LogP contribution in [-0.2, 0) is 16.6 Å². The van der Waals surface area contributed by atoms with E-state index in [4.69, 9.17) is 0 Å². The number of nitrogens with zero attached hydrogens (tertiary/aromatic N) is 4. The zero-order chi connectivity index (χ0) is 19.6. The maximum absolute atomic E-state index is 12.8. The van der Waals surface area contributed by atoms with Crippen LogP contribution >= 0.6 is 11.3 Å². The van der Waals surface area contributed by atoms with Crippen LogP contribution in [0.25, 0.3) is 5.82 Å². The number of pyridine rings is 1. The third-order valence-corrected chi connectivity index (χ3v) is 7.50. The van der Waals surface area contributed by atoms with Gasteiger partial charge in [0.15, 0.2) is 5.82 Å². The summed E-state index contributed by atoms with van der Waals surface area (Å²) in [7, 11) is -3.63. The fraction of sp³-hybridized carbons (Fsp3) is 0.278. The normalized spacial score (nSPS) is 15.0. The number of amides is 1. The van der Waals surface area contributed by atoms with Crippen molar-refractivity contribution in [2.45, 2.75) is 24.3 Å². The maximum Gasteiger partial charge on any atom is 0.263 e. The van der Waals surface area contributed by atoms with E-state index in [2.05, 4.69) is 15.4 Å². The molecule has 1 N–H and O–H groups in total. The van der Waals surface area contributed by atoms with E-state index < -0.39 is 15.9 Å². The van der Waals surface area contributed by atoms with Gasteiger partial charge in [0.1, 0.15) is 9.77 Å². The number of carbonyl (C=O) groups is 1. The minimum absolute atomic E-state index is 0.0869. The first-order valence-electron chi connectivity index (χ1n) is 8.86. The Balaban J connectivity index is 1.48. The van der Waals surface area contributed by atoms with Gasteiger partial charge in [-0.2, -0.15) is 9.40 Å². The molecule has 1 fully saturated rings. The molecule has 1 saturated heterocycles. The van der Waals surface area contributed by atoms with Crippen molar-refractivity contribution in [3.63, 3.8) is 0 Å². The number of sulfonamides is 1. The molecule has 0 unspecified atom stereocenters. The molecule has 3 aromatic rings. The van der Waals surface area contributed by atoms with Gasteiger partial charge in [0.25, 0.3) is 5.91 Å². The van der Waals surface area contributed by atoms with Crippen molar-refractivity contribution in [3.8, 4) is 5.82 Å². The molecule has 1 aliphatic rings. The van der Waals surface area contributed by atoms with Crippen LogP contribution in [0.5, 0.6) is 0 Å². The Kier molecular flexibility index (Phi) is 5.25. The molecule has 8 nitrogen and oxygen atoms in total. The van der Waals surface area contributed by atoms with Crippen LogP contribution < -0.4 is 5.32 Å². The van der Waals surface area contributed by atoms with Gasteiger partial charge in [-0.15, -0.1) is 11.3 Å². The summed E-state index contributed by atoms with van der Waals surface area (Å²) in [6.45, 7) is 1.27. The predicted octanol–water partition coefficient (Wildman–Crippen LogP) is 2.04. The Bertz CT molecular complexity index is 1070. The highest BCUT2D eigenvalue weighted by atomic mass is 32.2. The standard InChI is InChI=1S/C18H19N5O3S2/c24-18(17-15(5-11-27-17)28(25,26)22-8-1-2-9-22)20-13-14-4-7-19-16(12-14)23-10-3-6-21-23/h3-7,10-12H,1-2,8-9,13H2,(H,20,24). The summed E-state index contributed by atoms with van der Waals surface area (Å²) in [5, 5.41) is 8.58. The van der Waals surface area contributed by atoms with Crippen molar-refractivity contribution in [3.05, 3.63) is 58.7 Å². The van der Waals surface area contributed by atoms with E-state index in [0.717, 1.165) is 29.7 Å². The highest BCUT2D eigenvalue weighted by molar-refractivity contribution is 7.89. The minimum atomic E-state index is -3.63. The van der Waals surface area contributed by atoms with Gasteiger partial charge in [-0.1, -0.05) is 0 Å². The molecule has 1 aliphatic heterocycles. The molecule has 0 aliphatic carbocycles. The number of thiophene rings is 1. The number of carbonyl (C=O) groups excluding carboxylic acids is 1. The second-order valence-electron chi connectivity index (χ2n) is 6.38. The third kappa shape index (κ3) is 3.71. The van der Waals surface area contributed by atoms with Crippen LogP contribution in [-0.4, -0.2) is 46.5 Å². The predicted molar refractivity (Wildman–Crippen MR) is 105 cm³/mol. The van der Waals surface area contributed by atoms with Gasteiger partial charge in [0, 0.05) is 38.2 Å². The van der Waals surface area contributed by atoms with Gasteiger partial charge < -0.3 is 5.32 Å². The van der Waals surface area contributed by atoms with Crippen LogP contribution in [0.3, 0.4) is 0 Å². The van der Waals surface area contributed by atoms with Gasteiger partial charge in [0.2, 0.25) is 10.0 Å². The highest BCUT2D eigenvalue weighted by Crippen LogP contribution is 2.27. The molecule has 3 aromatic heterocycles. The Morgan fingerprint density at radius 1 is 1.21 bits per heavy atom. The molecule has 0 atom stereocenters. The molecule has 0 aromatic carbocycles. The topological polar surface area (TPSA) is 97.2 Å². The molecule has 4 rings (SSSR count). The second-order valence-corrected chi connectivity index (χ2v) is 9.20. The number of rotatable bonds is 6. The molecule has 146 valence electrons. The van der Waals surface area contributed by atoms with E-state index in [-0.39, 0.29) is 16.3 Å². The van der Waals surface area contributed by atoms with Crippen molar-refractivity contribution in [1.29, 1.82) is 0 Å². The number of hydrogen-bond donors (Lipinski definition) is 1. The van der Waals surface area contributed by atoms with Crippen LogP contribution in [0.4, 0.5) is 0 Å². The Morgan fingerprint density at radius 3 is 2.79 bits per heavy atom. The van der Waals surface area contributed by atoms with E-state index in [1.165, 1.54) is 10.4 Å². The van der Waals surface area contributed by atoms with Gasteiger partial charge >= 0.3 is 0 Å². The molecule has 4 heterocycles. The fourth-order valence-corrected chi connectivity index (χ4v) is 5.93. The molecular formula is C18H19N5O3S2. The first kappa shape index (κ1) is 18.8. The van der Waals surface area contributed by atoms with Crippen LogP contribution in [0, 0.1) is 0 Å². The van der Waals surface area contributed by atoms with E-state index in [9.17, 15) is 13.2 Å². The van der Waals surface area contributed by atoms with E-state index in [1.54, 1.807) is 40.8 Å². The second kappa shape index (κ2) is 7.82. The van der Waals surface area contributed by atoms with Gasteiger partial charge in [-0.25, -0.2) is 18.1 Å². The van der Waals surface area contributed by atoms with E-state index >= 15 is 0 Å². The van der Waals surface area contributed by atoms with E-state index in [1.807, 2.05) is 6.07 Å². The molecule has 0 bridgehead atoms. The lowest BCUT2D eigenvalue weighted by molar-refractivity contribution is 0.0952. The molecular weight excluding hydrogens is 398 g/mol. The summed E-state index contributed by atoms with van der Waals surface area (Å²) in [5.41, 5.74) is 0.842. The quantitative estimate of drug-likeness (QED) is 0.662. The van der Waals surface area contributed by atoms with E-state index in [0.29, 0.717) is 18.9 Å². The summed E-state index contributed by atoms with van der Waals surface area (Å²) in [6, 6.07) is 6.93. The minimum Gasteiger partial charge on any atom is -0.347 e. The summed E-state index contributed by atoms with van der Waals surface area (Å²) in [5.74, 6) is 0.246. The summed E-state index contributed by atoms with van der Waals surface area (Å²) in [6.07, 6.45) is 6.80. The number of aromatic nitrogens is 3. The summed E-state index contributed by atoms with van der Waals surface area (Å²) < 4.78 is 28.7. The van der Waals surface area contributed by atoms with Gasteiger partial charge in [0.05, 0.1) is 0 Å². The average molecular weight is 418 g/mol. The largest absolute Gasteiger partial charge is 0.347 e. The van der Waals surface area contributed by atoms with Crippen LogP contribution in [0.15, 0.2) is 53.1 Å². The first-order chi connectivity index (χ1) is 13.6. The van der Waals surface area contributed by atoms with Crippen LogP contribution in [0.1, 0.15) is 28.1 Å². The average Bonchev–Trinajstić information content (AvgIpc) is 3.47. The Hall–Kier alpha value is -2.56. The highest BCUT2D eigenvalue weighted by Gasteiger charge is 2.31. The van der Waals surface area contributed by atoms with Crippen molar-refractivity contribution >= 4 is 27.3 Å². The zero-order valence-electron chi connectivity index (χ0n) is 15.0.